The van der Waals surface area contributed by atoms with E-state index in [0.717, 1.165) is 38.5 Å². The Morgan fingerprint density at radius 3 is 2.62 bits per heavy atom. The molecule has 142 valence electrons. The Labute approximate surface area is 160 Å². The Bertz CT molecular complexity index is 736. The minimum absolute atomic E-state index is 0.0213. The van der Waals surface area contributed by atoms with Crippen LogP contribution in [0.1, 0.15) is 65.7 Å². The van der Waals surface area contributed by atoms with Crippen molar-refractivity contribution in [3.8, 4) is 0 Å². The lowest BCUT2D eigenvalue weighted by Gasteiger charge is -2.58. The summed E-state index contributed by atoms with van der Waals surface area (Å²) in [5.74, 6) is 1.06. The van der Waals surface area contributed by atoms with Crippen LogP contribution >= 0.6 is 11.6 Å². The van der Waals surface area contributed by atoms with Gasteiger partial charge in [-0.2, -0.15) is 0 Å². The van der Waals surface area contributed by atoms with Crippen LogP contribution in [-0.2, 0) is 9.59 Å². The molecule has 1 N–H and O–H groups in total. The summed E-state index contributed by atoms with van der Waals surface area (Å²) in [4.78, 5) is 23.6. The maximum atomic E-state index is 12.0. The van der Waals surface area contributed by atoms with E-state index in [1.807, 2.05) is 6.08 Å². The van der Waals surface area contributed by atoms with Gasteiger partial charge in [0.05, 0.1) is 5.38 Å². The number of ketones is 1. The zero-order chi connectivity index (χ0) is 18.9. The number of carbonyl (C=O) groups excluding carboxylic acids is 1. The minimum atomic E-state index is -0.767. The van der Waals surface area contributed by atoms with Gasteiger partial charge < -0.3 is 5.11 Å². The molecule has 4 heteroatoms. The number of alkyl halides is 1. The van der Waals surface area contributed by atoms with Gasteiger partial charge in [0.1, 0.15) is 0 Å². The number of rotatable bonds is 1. The first-order valence-electron chi connectivity index (χ1n) is 10.0. The molecule has 0 radical (unpaired) electrons. The monoisotopic (exact) mass is 376 g/mol. The first kappa shape index (κ1) is 18.3. The van der Waals surface area contributed by atoms with Gasteiger partial charge in [0.25, 0.3) is 0 Å². The van der Waals surface area contributed by atoms with Gasteiger partial charge in [-0.05, 0) is 74.7 Å². The van der Waals surface area contributed by atoms with Crippen LogP contribution in [0.3, 0.4) is 0 Å². The third-order valence-corrected chi connectivity index (χ3v) is 9.18. The van der Waals surface area contributed by atoms with Gasteiger partial charge in [-0.3, -0.25) is 4.79 Å². The molecular weight excluding hydrogens is 348 g/mol. The van der Waals surface area contributed by atoms with Crippen LogP contribution < -0.4 is 0 Å². The molecule has 4 rings (SSSR count). The van der Waals surface area contributed by atoms with Crippen molar-refractivity contribution < 1.29 is 14.7 Å². The molecule has 4 aliphatic rings. The molecule has 3 fully saturated rings. The molecule has 3 saturated carbocycles. The van der Waals surface area contributed by atoms with Gasteiger partial charge in [-0.1, -0.05) is 25.0 Å². The van der Waals surface area contributed by atoms with Crippen molar-refractivity contribution >= 4 is 23.4 Å². The second kappa shape index (κ2) is 5.95. The topological polar surface area (TPSA) is 54.4 Å². The van der Waals surface area contributed by atoms with Crippen molar-refractivity contribution in [1.29, 1.82) is 0 Å². The number of hydrogen-bond donors (Lipinski definition) is 1. The molecule has 0 aromatic heterocycles. The average Bonchev–Trinajstić information content (AvgIpc) is 2.92. The fraction of sp³-hybridized carbons (Fsp3) is 0.727. The van der Waals surface area contributed by atoms with Gasteiger partial charge in [0.2, 0.25) is 0 Å². The van der Waals surface area contributed by atoms with Crippen molar-refractivity contribution in [2.45, 2.75) is 71.1 Å². The molecule has 0 aliphatic heterocycles. The van der Waals surface area contributed by atoms with Crippen LogP contribution in [0.4, 0.5) is 0 Å². The Kier molecular flexibility index (Phi) is 4.19. The third-order valence-electron chi connectivity index (χ3n) is 8.57. The van der Waals surface area contributed by atoms with Gasteiger partial charge in [-0.25, -0.2) is 4.79 Å². The second-order valence-electron chi connectivity index (χ2n) is 9.41. The number of carboxylic acid groups (broad SMARTS) is 1. The zero-order valence-corrected chi connectivity index (χ0v) is 16.7. The molecule has 4 aliphatic carbocycles. The molecule has 1 unspecified atom stereocenters. The highest BCUT2D eigenvalue weighted by Gasteiger charge is 2.59. The highest BCUT2D eigenvalue weighted by molar-refractivity contribution is 6.23. The summed E-state index contributed by atoms with van der Waals surface area (Å²) in [6.07, 6.45) is 8.56. The first-order valence-corrected chi connectivity index (χ1v) is 10.4. The number of carboxylic acids is 1. The molecular formula is C22H29ClO3. The van der Waals surface area contributed by atoms with Crippen molar-refractivity contribution in [1.82, 2.24) is 0 Å². The van der Waals surface area contributed by atoms with E-state index in [1.165, 1.54) is 11.1 Å². The maximum Gasteiger partial charge on any atom is 0.331 e. The van der Waals surface area contributed by atoms with E-state index in [2.05, 4.69) is 13.8 Å². The lowest BCUT2D eigenvalue weighted by Crippen LogP contribution is -2.53. The summed E-state index contributed by atoms with van der Waals surface area (Å²) in [5.41, 5.74) is 2.96. The first-order chi connectivity index (χ1) is 12.2. The molecule has 0 bridgehead atoms. The van der Waals surface area contributed by atoms with Crippen LogP contribution in [0.25, 0.3) is 0 Å². The smallest absolute Gasteiger partial charge is 0.331 e. The number of aliphatic carboxylic acids is 1. The van der Waals surface area contributed by atoms with E-state index in [0.29, 0.717) is 29.7 Å². The highest BCUT2D eigenvalue weighted by Crippen LogP contribution is 2.67. The number of hydrogen-bond acceptors (Lipinski definition) is 2. The second-order valence-corrected chi connectivity index (χ2v) is 9.94. The lowest BCUT2D eigenvalue weighted by molar-refractivity contribution is -0.132. The van der Waals surface area contributed by atoms with Crippen molar-refractivity contribution in [2.75, 3.05) is 0 Å². The van der Waals surface area contributed by atoms with Gasteiger partial charge >= 0.3 is 5.97 Å². The standard InChI is InChI=1S/C22H29ClO3/c1-12(20(25)26)16-6-7-17-15-5-4-13-10-14(24)11-19(23)22(13,3)18(15)8-9-21(16,17)2/h10,15,17-19H,4-9,11H2,1-3H3,(H,25,26)/t15-,17-,18-,19?,21+,22-/m0/s1. The van der Waals surface area contributed by atoms with E-state index in [-0.39, 0.29) is 22.0 Å². The van der Waals surface area contributed by atoms with Gasteiger partial charge in [0, 0.05) is 17.4 Å². The molecule has 0 aromatic rings. The van der Waals surface area contributed by atoms with E-state index >= 15 is 0 Å². The fourth-order valence-corrected chi connectivity index (χ4v) is 7.58. The molecule has 0 heterocycles. The van der Waals surface area contributed by atoms with Crippen LogP contribution in [-0.4, -0.2) is 22.2 Å². The average molecular weight is 377 g/mol. The fourth-order valence-electron chi connectivity index (χ4n) is 7.12. The Morgan fingerprint density at radius 2 is 1.92 bits per heavy atom. The zero-order valence-electron chi connectivity index (χ0n) is 16.0. The Hall–Kier alpha value is -1.09. The Balaban J connectivity index is 1.72. The van der Waals surface area contributed by atoms with E-state index in [1.54, 1.807) is 6.92 Å². The highest BCUT2D eigenvalue weighted by atomic mass is 35.5. The van der Waals surface area contributed by atoms with Gasteiger partial charge in [0.15, 0.2) is 5.78 Å². The molecule has 0 aromatic carbocycles. The molecule has 0 amide bonds. The summed E-state index contributed by atoms with van der Waals surface area (Å²) in [5, 5.41) is 9.41. The minimum Gasteiger partial charge on any atom is -0.478 e. The number of fused-ring (bicyclic) bond motifs is 5. The number of allylic oxidation sites excluding steroid dienone is 2. The Morgan fingerprint density at radius 1 is 1.19 bits per heavy atom. The van der Waals surface area contributed by atoms with Crippen molar-refractivity contribution in [3.05, 3.63) is 22.8 Å². The molecule has 6 atom stereocenters. The van der Waals surface area contributed by atoms with Crippen LogP contribution in [0, 0.1) is 28.6 Å². The predicted octanol–water partition coefficient (Wildman–Crippen LogP) is 5.14. The molecule has 0 spiro atoms. The molecule has 0 saturated heterocycles. The summed E-state index contributed by atoms with van der Waals surface area (Å²) < 4.78 is 0. The van der Waals surface area contributed by atoms with E-state index < -0.39 is 5.97 Å². The summed E-state index contributed by atoms with van der Waals surface area (Å²) >= 11 is 6.80. The largest absolute Gasteiger partial charge is 0.478 e. The van der Waals surface area contributed by atoms with Crippen molar-refractivity contribution in [2.24, 2.45) is 28.6 Å². The predicted molar refractivity (Wildman–Crippen MR) is 102 cm³/mol. The van der Waals surface area contributed by atoms with E-state index in [9.17, 15) is 14.7 Å². The van der Waals surface area contributed by atoms with Crippen LogP contribution in [0.5, 0.6) is 0 Å². The molecule has 3 nitrogen and oxygen atoms in total. The molecule has 26 heavy (non-hydrogen) atoms. The number of halogens is 1. The maximum absolute atomic E-state index is 12.0. The quantitative estimate of drug-likeness (QED) is 0.509. The van der Waals surface area contributed by atoms with Crippen molar-refractivity contribution in [3.63, 3.8) is 0 Å². The normalized spacial score (nSPS) is 46.8. The summed E-state index contributed by atoms with van der Waals surface area (Å²) in [6, 6.07) is 0. The van der Waals surface area contributed by atoms with Gasteiger partial charge in [-0.15, -0.1) is 11.6 Å². The van der Waals surface area contributed by atoms with E-state index in [4.69, 9.17) is 11.6 Å². The van der Waals surface area contributed by atoms with Crippen LogP contribution in [0.2, 0.25) is 0 Å². The number of carbonyl (C=O) groups is 2. The summed E-state index contributed by atoms with van der Waals surface area (Å²) in [6.45, 7) is 6.37. The SMILES string of the molecule is CC(C(=O)O)=C1CC[C@H]2[C@@H]3CCC4=CC(=O)CC(Cl)[C@]4(C)[C@H]3CC[C@]12C. The van der Waals surface area contributed by atoms with Crippen LogP contribution in [0.15, 0.2) is 22.8 Å². The third kappa shape index (κ3) is 2.32. The summed E-state index contributed by atoms with van der Waals surface area (Å²) in [7, 11) is 0. The lowest BCUT2D eigenvalue weighted by atomic mass is 9.47.